The smallest absolute Gasteiger partial charge is 0.336 e. The molecule has 3 rings (SSSR count). The summed E-state index contributed by atoms with van der Waals surface area (Å²) in [5.41, 5.74) is 1.40. The van der Waals surface area contributed by atoms with Gasteiger partial charge in [0.15, 0.2) is 0 Å². The maximum absolute atomic E-state index is 11.9. The Morgan fingerprint density at radius 1 is 0.893 bits per heavy atom. The van der Waals surface area contributed by atoms with Gasteiger partial charge in [0.25, 0.3) is 0 Å². The van der Waals surface area contributed by atoms with Crippen LogP contribution in [0.3, 0.4) is 0 Å². The quantitative estimate of drug-likeness (QED) is 0.673. The lowest BCUT2D eigenvalue weighted by Gasteiger charge is -2.19. The minimum Gasteiger partial charge on any atom is -0.870 e. The van der Waals surface area contributed by atoms with Crippen LogP contribution >= 0.6 is 46.4 Å². The number of rotatable bonds is 3. The second-order valence-corrected chi connectivity index (χ2v) is 7.39. The molecule has 0 aliphatic heterocycles. The summed E-state index contributed by atoms with van der Waals surface area (Å²) in [6.45, 7) is 0. The number of carboxylic acid groups (broad SMARTS) is 1. The normalized spacial score (nSPS) is 13.9. The Hall–Kier alpha value is -2.24. The van der Waals surface area contributed by atoms with Crippen LogP contribution in [0, 0.1) is 0 Å². The highest BCUT2D eigenvalue weighted by atomic mass is 35.5. The number of halogens is 4. The van der Waals surface area contributed by atoms with Crippen LogP contribution < -0.4 is 5.11 Å². The van der Waals surface area contributed by atoms with Gasteiger partial charge in [-0.25, -0.2) is 4.79 Å². The fourth-order valence-corrected chi connectivity index (χ4v) is 3.75. The van der Waals surface area contributed by atoms with Crippen molar-refractivity contribution in [3.8, 4) is 5.75 Å². The monoisotopic (exact) mass is 453 g/mol. The first-order valence-corrected chi connectivity index (χ1v) is 9.24. The van der Waals surface area contributed by atoms with Gasteiger partial charge in [-0.15, -0.1) is 0 Å². The number of carbonyl (C=O) groups excluding carboxylic acids is 1. The fraction of sp³-hybridized carbons (Fsp3) is 0. The van der Waals surface area contributed by atoms with Gasteiger partial charge in [0.1, 0.15) is 0 Å². The summed E-state index contributed by atoms with van der Waals surface area (Å²) in [6.07, 6.45) is 2.74. The minimum atomic E-state index is -1.16. The van der Waals surface area contributed by atoms with Crippen molar-refractivity contribution < 1.29 is 19.8 Å². The number of aromatic carboxylic acids is 1. The summed E-state index contributed by atoms with van der Waals surface area (Å²) in [6, 6.07) is 8.98. The summed E-state index contributed by atoms with van der Waals surface area (Å²) in [4.78, 5) is 23.6. The van der Waals surface area contributed by atoms with Crippen LogP contribution in [0.4, 0.5) is 0 Å². The van der Waals surface area contributed by atoms with Gasteiger partial charge in [0.2, 0.25) is 5.78 Å². The SMILES string of the molecule is O=C1C(Cl)=CC(=C(c2cc(Cl)c([O-])c(Cl)c2)c2ccccc2C(=O)O)C=C1Cl. The number of ketones is 1. The molecule has 0 amide bonds. The molecule has 4 nitrogen and oxygen atoms in total. The second kappa shape index (κ2) is 8.02. The van der Waals surface area contributed by atoms with Gasteiger partial charge in [0, 0.05) is 10.0 Å². The van der Waals surface area contributed by atoms with E-state index in [1.165, 1.54) is 30.4 Å². The molecule has 1 aliphatic rings. The highest BCUT2D eigenvalue weighted by molar-refractivity contribution is 6.55. The first-order valence-electron chi connectivity index (χ1n) is 7.73. The Labute approximate surface area is 179 Å². The average molecular weight is 455 g/mol. The van der Waals surface area contributed by atoms with E-state index in [9.17, 15) is 19.8 Å². The van der Waals surface area contributed by atoms with Crippen LogP contribution in [0.1, 0.15) is 21.5 Å². The molecule has 0 atom stereocenters. The van der Waals surface area contributed by atoms with E-state index in [-0.39, 0.29) is 25.7 Å². The maximum Gasteiger partial charge on any atom is 0.336 e. The van der Waals surface area contributed by atoms with Crippen molar-refractivity contribution in [1.82, 2.24) is 0 Å². The van der Waals surface area contributed by atoms with Gasteiger partial charge in [-0.1, -0.05) is 70.4 Å². The molecule has 1 aliphatic carbocycles. The zero-order valence-electron chi connectivity index (χ0n) is 13.8. The number of allylic oxidation sites excluding steroid dienone is 5. The van der Waals surface area contributed by atoms with E-state index >= 15 is 0 Å². The Morgan fingerprint density at radius 2 is 1.39 bits per heavy atom. The summed E-state index contributed by atoms with van der Waals surface area (Å²) < 4.78 is 0. The summed E-state index contributed by atoms with van der Waals surface area (Å²) in [5, 5.41) is 21.0. The van der Waals surface area contributed by atoms with Crippen molar-refractivity contribution in [2.45, 2.75) is 0 Å². The predicted octanol–water partition coefficient (Wildman–Crippen LogP) is 5.40. The van der Waals surface area contributed by atoms with E-state index in [0.29, 0.717) is 22.3 Å². The molecule has 142 valence electrons. The molecule has 0 heterocycles. The second-order valence-electron chi connectivity index (χ2n) is 5.76. The number of benzene rings is 2. The van der Waals surface area contributed by atoms with E-state index in [0.717, 1.165) is 0 Å². The van der Waals surface area contributed by atoms with Crippen molar-refractivity contribution in [1.29, 1.82) is 0 Å². The van der Waals surface area contributed by atoms with Gasteiger partial charge in [-0.3, -0.25) is 4.79 Å². The van der Waals surface area contributed by atoms with Gasteiger partial charge in [-0.05, 0) is 52.6 Å². The molecule has 0 saturated heterocycles. The molecule has 0 unspecified atom stereocenters. The number of carbonyl (C=O) groups is 2. The fourth-order valence-electron chi connectivity index (χ4n) is 2.77. The summed E-state index contributed by atoms with van der Waals surface area (Å²) in [5.74, 6) is -2.27. The number of hydrogen-bond donors (Lipinski definition) is 1. The van der Waals surface area contributed by atoms with E-state index in [1.54, 1.807) is 18.2 Å². The molecule has 0 bridgehead atoms. The molecule has 1 N–H and O–H groups in total. The Bertz CT molecular complexity index is 1070. The van der Waals surface area contributed by atoms with E-state index in [1.807, 2.05) is 0 Å². The molecule has 0 fully saturated rings. The molecule has 28 heavy (non-hydrogen) atoms. The zero-order chi connectivity index (χ0) is 20.6. The van der Waals surface area contributed by atoms with Crippen molar-refractivity contribution >= 4 is 63.7 Å². The van der Waals surface area contributed by atoms with E-state index in [4.69, 9.17) is 46.4 Å². The third kappa shape index (κ3) is 3.82. The van der Waals surface area contributed by atoms with E-state index in [2.05, 4.69) is 0 Å². The zero-order valence-corrected chi connectivity index (χ0v) is 16.8. The molecular weight excluding hydrogens is 446 g/mol. The lowest BCUT2D eigenvalue weighted by Crippen LogP contribution is -2.08. The van der Waals surface area contributed by atoms with Crippen LogP contribution in [-0.2, 0) is 4.79 Å². The summed E-state index contributed by atoms with van der Waals surface area (Å²) in [7, 11) is 0. The van der Waals surface area contributed by atoms with E-state index < -0.39 is 17.5 Å². The molecule has 2 aromatic carbocycles. The number of hydrogen-bond acceptors (Lipinski definition) is 3. The molecule has 0 aromatic heterocycles. The third-order valence-electron chi connectivity index (χ3n) is 4.00. The molecule has 8 heteroatoms. The standard InChI is InChI=1S/C20H10Cl4O4/c21-13-5-9(6-14(22)18(13)25)17(10-7-15(23)19(26)16(24)8-10)11-3-1-2-4-12(11)20(27)28/h1-8,25H,(H,27,28)/p-1. The Balaban J connectivity index is 2.43. The topological polar surface area (TPSA) is 77.4 Å². The minimum absolute atomic E-state index is 0.00519. The number of Topliss-reactive ketones (excluding diaryl/α,β-unsaturated/α-hetero) is 1. The van der Waals surface area contributed by atoms with Gasteiger partial charge >= 0.3 is 5.97 Å². The Kier molecular flexibility index (Phi) is 5.87. The molecule has 0 radical (unpaired) electrons. The van der Waals surface area contributed by atoms with Gasteiger partial charge in [0.05, 0.1) is 15.6 Å². The molecule has 2 aromatic rings. The third-order valence-corrected chi connectivity index (χ3v) is 5.12. The van der Waals surface area contributed by atoms with Crippen molar-refractivity contribution in [3.05, 3.63) is 90.9 Å². The number of carboxylic acids is 1. The van der Waals surface area contributed by atoms with Crippen LogP contribution in [0.25, 0.3) is 5.57 Å². The van der Waals surface area contributed by atoms with Crippen LogP contribution in [-0.4, -0.2) is 16.9 Å². The van der Waals surface area contributed by atoms with Gasteiger partial charge < -0.3 is 10.2 Å². The van der Waals surface area contributed by atoms with Gasteiger partial charge in [-0.2, -0.15) is 0 Å². The molecular formula is C20H9Cl4O4-. The first kappa shape index (κ1) is 20.5. The highest BCUT2D eigenvalue weighted by Crippen LogP contribution is 2.39. The van der Waals surface area contributed by atoms with Crippen molar-refractivity contribution in [3.63, 3.8) is 0 Å². The van der Waals surface area contributed by atoms with Crippen LogP contribution in [0.5, 0.6) is 5.75 Å². The largest absolute Gasteiger partial charge is 0.870 e. The first-order chi connectivity index (χ1) is 13.2. The average Bonchev–Trinajstić information content (AvgIpc) is 2.64. The van der Waals surface area contributed by atoms with Crippen molar-refractivity contribution in [2.75, 3.05) is 0 Å². The van der Waals surface area contributed by atoms with Crippen molar-refractivity contribution in [2.24, 2.45) is 0 Å². The molecule has 0 spiro atoms. The lowest BCUT2D eigenvalue weighted by atomic mass is 9.88. The predicted molar refractivity (Wildman–Crippen MR) is 108 cm³/mol. The molecule has 0 saturated carbocycles. The summed E-state index contributed by atoms with van der Waals surface area (Å²) >= 11 is 24.0. The van der Waals surface area contributed by atoms with Crippen LogP contribution in [0.15, 0.2) is 64.2 Å². The lowest BCUT2D eigenvalue weighted by molar-refractivity contribution is -0.268. The van der Waals surface area contributed by atoms with Crippen LogP contribution in [0.2, 0.25) is 10.0 Å². The maximum atomic E-state index is 11.9. The highest BCUT2D eigenvalue weighted by Gasteiger charge is 2.23. The Morgan fingerprint density at radius 3 is 1.89 bits per heavy atom.